The molecule has 0 amide bonds. The predicted octanol–water partition coefficient (Wildman–Crippen LogP) is 2.13. The van der Waals surface area contributed by atoms with Crippen molar-refractivity contribution in [2.75, 3.05) is 20.3 Å². The molecule has 0 radical (unpaired) electrons. The number of methoxy groups -OCH3 is 1. The predicted molar refractivity (Wildman–Crippen MR) is 66.7 cm³/mol. The molecule has 1 aromatic carbocycles. The van der Waals surface area contributed by atoms with E-state index in [1.54, 1.807) is 7.11 Å². The summed E-state index contributed by atoms with van der Waals surface area (Å²) in [5.41, 5.74) is 1.07. The van der Waals surface area contributed by atoms with Crippen LogP contribution in [0.25, 0.3) is 0 Å². The fourth-order valence-corrected chi connectivity index (χ4v) is 2.08. The minimum atomic E-state index is -0.523. The van der Waals surface area contributed by atoms with Crippen molar-refractivity contribution >= 4 is 5.97 Å². The van der Waals surface area contributed by atoms with Gasteiger partial charge in [-0.2, -0.15) is 0 Å². The monoisotopic (exact) mass is 250 g/mol. The van der Waals surface area contributed by atoms with Gasteiger partial charge in [0.1, 0.15) is 5.75 Å². The molecule has 0 spiro atoms. The lowest BCUT2D eigenvalue weighted by Crippen LogP contribution is -2.30. The number of rotatable bonds is 5. The van der Waals surface area contributed by atoms with E-state index in [1.165, 1.54) is 0 Å². The molecule has 2 unspecified atom stereocenters. The first kappa shape index (κ1) is 12.9. The molecule has 1 heterocycles. The van der Waals surface area contributed by atoms with Crippen molar-refractivity contribution in [3.63, 3.8) is 0 Å². The van der Waals surface area contributed by atoms with Crippen molar-refractivity contribution in [3.8, 4) is 5.75 Å². The van der Waals surface area contributed by atoms with Gasteiger partial charge in [0, 0.05) is 31.6 Å². The van der Waals surface area contributed by atoms with Crippen molar-refractivity contribution in [2.24, 2.45) is 0 Å². The molecule has 1 aromatic rings. The number of carbonyl (C=O) groups is 1. The zero-order chi connectivity index (χ0) is 13.0. The number of hydrogen-bond acceptors (Lipinski definition) is 4. The lowest BCUT2D eigenvalue weighted by atomic mass is 9.98. The van der Waals surface area contributed by atoms with Crippen LogP contribution in [-0.4, -0.2) is 32.4 Å². The number of carbonyl (C=O) groups excluding carboxylic acids is 1. The summed E-state index contributed by atoms with van der Waals surface area (Å²) in [7, 11) is 1.63. The van der Waals surface area contributed by atoms with Gasteiger partial charge in [0.2, 0.25) is 6.10 Å². The Hall–Kier alpha value is -1.55. The third-order valence-corrected chi connectivity index (χ3v) is 3.09. The zero-order valence-corrected chi connectivity index (χ0v) is 10.7. The highest BCUT2D eigenvalue weighted by molar-refractivity contribution is 5.78. The Labute approximate surface area is 107 Å². The molecule has 0 saturated heterocycles. The minimum absolute atomic E-state index is 0.0381. The molecule has 1 aliphatic rings. The molecule has 98 valence electrons. The summed E-state index contributed by atoms with van der Waals surface area (Å²) < 4.78 is 15.7. The number of benzene rings is 1. The second-order valence-electron chi connectivity index (χ2n) is 4.38. The Morgan fingerprint density at radius 2 is 2.11 bits per heavy atom. The molecule has 0 fully saturated rings. The van der Waals surface area contributed by atoms with Gasteiger partial charge in [-0.1, -0.05) is 25.1 Å². The van der Waals surface area contributed by atoms with E-state index in [9.17, 15) is 4.79 Å². The standard InChI is InChI=1S/C14H18O4/c1-10-11-6-3-4-7-12(11)18-13(10)14(15)17-9-5-8-16-2/h3-4,6-7,10,13H,5,8-9H2,1-2H3. The summed E-state index contributed by atoms with van der Waals surface area (Å²) in [5.74, 6) is 0.523. The first-order valence-corrected chi connectivity index (χ1v) is 6.15. The molecule has 0 aliphatic carbocycles. The van der Waals surface area contributed by atoms with Gasteiger partial charge in [0.25, 0.3) is 0 Å². The van der Waals surface area contributed by atoms with Crippen molar-refractivity contribution < 1.29 is 19.0 Å². The summed E-state index contributed by atoms with van der Waals surface area (Å²) in [6.45, 7) is 2.94. The summed E-state index contributed by atoms with van der Waals surface area (Å²) in [4.78, 5) is 11.9. The molecule has 1 aliphatic heterocycles. The van der Waals surface area contributed by atoms with Gasteiger partial charge in [-0.15, -0.1) is 0 Å². The molecule has 2 atom stereocenters. The van der Waals surface area contributed by atoms with Crippen molar-refractivity contribution in [3.05, 3.63) is 29.8 Å². The fourth-order valence-electron chi connectivity index (χ4n) is 2.08. The summed E-state index contributed by atoms with van der Waals surface area (Å²) in [6.07, 6.45) is 0.181. The van der Waals surface area contributed by atoms with Gasteiger partial charge in [-0.05, 0) is 6.07 Å². The molecule has 4 heteroatoms. The highest BCUT2D eigenvalue weighted by Gasteiger charge is 2.37. The van der Waals surface area contributed by atoms with E-state index in [4.69, 9.17) is 14.2 Å². The lowest BCUT2D eigenvalue weighted by molar-refractivity contribution is -0.152. The second-order valence-corrected chi connectivity index (χ2v) is 4.38. The maximum absolute atomic E-state index is 11.9. The topological polar surface area (TPSA) is 44.8 Å². The maximum Gasteiger partial charge on any atom is 0.347 e. The van der Waals surface area contributed by atoms with E-state index in [2.05, 4.69) is 0 Å². The fraction of sp³-hybridized carbons (Fsp3) is 0.500. The first-order chi connectivity index (χ1) is 8.74. The molecular weight excluding hydrogens is 232 g/mol. The van der Waals surface area contributed by atoms with Crippen molar-refractivity contribution in [1.29, 1.82) is 0 Å². The average Bonchev–Trinajstić information content (AvgIpc) is 2.73. The Morgan fingerprint density at radius 3 is 2.83 bits per heavy atom. The van der Waals surface area contributed by atoms with Crippen LogP contribution in [0.2, 0.25) is 0 Å². The van der Waals surface area contributed by atoms with Crippen LogP contribution in [-0.2, 0) is 14.3 Å². The van der Waals surface area contributed by atoms with Crippen LogP contribution in [0.5, 0.6) is 5.75 Å². The van der Waals surface area contributed by atoms with Crippen LogP contribution in [0.1, 0.15) is 24.8 Å². The van der Waals surface area contributed by atoms with Gasteiger partial charge >= 0.3 is 5.97 Å². The third-order valence-electron chi connectivity index (χ3n) is 3.09. The van der Waals surface area contributed by atoms with Gasteiger partial charge in [0.15, 0.2) is 0 Å². The quantitative estimate of drug-likeness (QED) is 0.593. The molecule has 2 rings (SSSR count). The van der Waals surface area contributed by atoms with Gasteiger partial charge < -0.3 is 14.2 Å². The van der Waals surface area contributed by atoms with E-state index in [1.807, 2.05) is 31.2 Å². The molecule has 18 heavy (non-hydrogen) atoms. The van der Waals surface area contributed by atoms with Crippen LogP contribution in [0.4, 0.5) is 0 Å². The molecule has 0 aromatic heterocycles. The SMILES string of the molecule is COCCCOC(=O)C1Oc2ccccc2C1C. The highest BCUT2D eigenvalue weighted by Crippen LogP contribution is 2.37. The van der Waals surface area contributed by atoms with Gasteiger partial charge in [-0.25, -0.2) is 4.79 Å². The number of fused-ring (bicyclic) bond motifs is 1. The van der Waals surface area contributed by atoms with E-state index < -0.39 is 6.10 Å². The van der Waals surface area contributed by atoms with Gasteiger partial charge in [-0.3, -0.25) is 0 Å². The Morgan fingerprint density at radius 1 is 1.33 bits per heavy atom. The van der Waals surface area contributed by atoms with Gasteiger partial charge in [0.05, 0.1) is 6.61 Å². The van der Waals surface area contributed by atoms with E-state index in [0.29, 0.717) is 19.6 Å². The highest BCUT2D eigenvalue weighted by atomic mass is 16.6. The Bertz CT molecular complexity index is 416. The van der Waals surface area contributed by atoms with Crippen LogP contribution < -0.4 is 4.74 Å². The zero-order valence-electron chi connectivity index (χ0n) is 10.7. The summed E-state index contributed by atoms with van der Waals surface area (Å²) in [6, 6.07) is 7.71. The largest absolute Gasteiger partial charge is 0.478 e. The maximum atomic E-state index is 11.9. The minimum Gasteiger partial charge on any atom is -0.478 e. The van der Waals surface area contributed by atoms with Crippen LogP contribution in [0.3, 0.4) is 0 Å². The summed E-state index contributed by atoms with van der Waals surface area (Å²) in [5, 5.41) is 0. The second kappa shape index (κ2) is 5.87. The Balaban J connectivity index is 1.90. The molecule has 0 bridgehead atoms. The third kappa shape index (κ3) is 2.64. The molecule has 0 N–H and O–H groups in total. The number of para-hydroxylation sites is 1. The lowest BCUT2D eigenvalue weighted by Gasteiger charge is -2.14. The molecule has 4 nitrogen and oxygen atoms in total. The number of ether oxygens (including phenoxy) is 3. The van der Waals surface area contributed by atoms with E-state index in [-0.39, 0.29) is 11.9 Å². The van der Waals surface area contributed by atoms with E-state index in [0.717, 1.165) is 11.3 Å². The normalized spacial score (nSPS) is 21.2. The first-order valence-electron chi connectivity index (χ1n) is 6.15. The Kier molecular flexibility index (Phi) is 4.20. The number of esters is 1. The van der Waals surface area contributed by atoms with Crippen molar-refractivity contribution in [1.82, 2.24) is 0 Å². The van der Waals surface area contributed by atoms with Crippen LogP contribution in [0.15, 0.2) is 24.3 Å². The molecule has 0 saturated carbocycles. The molecular formula is C14H18O4. The van der Waals surface area contributed by atoms with E-state index >= 15 is 0 Å². The van der Waals surface area contributed by atoms with Crippen molar-refractivity contribution in [2.45, 2.75) is 25.4 Å². The smallest absolute Gasteiger partial charge is 0.347 e. The average molecular weight is 250 g/mol. The summed E-state index contributed by atoms with van der Waals surface area (Å²) >= 11 is 0. The van der Waals surface area contributed by atoms with Crippen LogP contribution >= 0.6 is 0 Å². The number of hydrogen-bond donors (Lipinski definition) is 0. The van der Waals surface area contributed by atoms with Crippen LogP contribution in [0, 0.1) is 0 Å².